The summed E-state index contributed by atoms with van der Waals surface area (Å²) in [6.07, 6.45) is 0.615. The molecule has 2 nitrogen and oxygen atoms in total. The highest BCUT2D eigenvalue weighted by molar-refractivity contribution is 7.11. The van der Waals surface area contributed by atoms with Gasteiger partial charge in [0.1, 0.15) is 12.4 Å². The number of rotatable bonds is 5. The highest BCUT2D eigenvalue weighted by Crippen LogP contribution is 2.22. The number of aliphatic hydroxyl groups is 1. The Hall–Kier alpha value is -1.32. The molecule has 0 spiro atoms. The first-order valence-electron chi connectivity index (χ1n) is 6.17. The summed E-state index contributed by atoms with van der Waals surface area (Å²) >= 11 is 1.79. The fraction of sp³-hybridized carbons (Fsp3) is 0.333. The second-order valence-electron chi connectivity index (χ2n) is 4.26. The van der Waals surface area contributed by atoms with Crippen LogP contribution in [0.5, 0.6) is 5.75 Å². The van der Waals surface area contributed by atoms with Gasteiger partial charge >= 0.3 is 0 Å². The van der Waals surface area contributed by atoms with Gasteiger partial charge in [-0.3, -0.25) is 0 Å². The van der Waals surface area contributed by atoms with Crippen LogP contribution < -0.4 is 4.74 Å². The summed E-state index contributed by atoms with van der Waals surface area (Å²) in [5, 5.41) is 9.52. The van der Waals surface area contributed by atoms with Crippen molar-refractivity contribution in [3.05, 3.63) is 51.7 Å². The first-order chi connectivity index (χ1) is 8.69. The fourth-order valence-corrected chi connectivity index (χ4v) is 2.58. The number of hydrogen-bond acceptors (Lipinski definition) is 3. The Morgan fingerprint density at radius 1 is 1.22 bits per heavy atom. The Kier molecular flexibility index (Phi) is 4.39. The Bertz CT molecular complexity index is 503. The lowest BCUT2D eigenvalue weighted by Crippen LogP contribution is -1.95. The average Bonchev–Trinajstić information content (AvgIpc) is 2.84. The molecule has 1 unspecified atom stereocenters. The summed E-state index contributed by atoms with van der Waals surface area (Å²) in [6, 6.07) is 11.9. The standard InChI is InChI=1S/C15H18O2S/c1-3-14-7-8-15(18-14)10-17-13-6-4-5-12(9-13)11(2)16/h4-9,11,16H,3,10H2,1-2H3. The highest BCUT2D eigenvalue weighted by atomic mass is 32.1. The van der Waals surface area contributed by atoms with E-state index in [9.17, 15) is 5.11 Å². The molecule has 0 saturated carbocycles. The third-order valence-electron chi connectivity index (χ3n) is 2.79. The number of benzene rings is 1. The molecule has 0 bridgehead atoms. The van der Waals surface area contributed by atoms with Crippen LogP contribution in [0.4, 0.5) is 0 Å². The van der Waals surface area contributed by atoms with Crippen molar-refractivity contribution in [1.29, 1.82) is 0 Å². The van der Waals surface area contributed by atoms with Crippen LogP contribution in [0.15, 0.2) is 36.4 Å². The van der Waals surface area contributed by atoms with Crippen LogP contribution >= 0.6 is 11.3 Å². The van der Waals surface area contributed by atoms with Crippen LogP contribution in [-0.2, 0) is 13.0 Å². The van der Waals surface area contributed by atoms with Gasteiger partial charge in [0, 0.05) is 9.75 Å². The van der Waals surface area contributed by atoms with Crippen molar-refractivity contribution in [3.63, 3.8) is 0 Å². The van der Waals surface area contributed by atoms with Gasteiger partial charge in [-0.05, 0) is 43.2 Å². The molecular formula is C15H18O2S. The van der Waals surface area contributed by atoms with Crippen molar-refractivity contribution < 1.29 is 9.84 Å². The second kappa shape index (κ2) is 6.03. The molecule has 0 radical (unpaired) electrons. The monoisotopic (exact) mass is 262 g/mol. The molecule has 2 rings (SSSR count). The van der Waals surface area contributed by atoms with Crippen LogP contribution in [0.2, 0.25) is 0 Å². The van der Waals surface area contributed by atoms with E-state index in [1.165, 1.54) is 9.75 Å². The molecular weight excluding hydrogens is 244 g/mol. The van der Waals surface area contributed by atoms with Gasteiger partial charge in [0.15, 0.2) is 0 Å². The van der Waals surface area contributed by atoms with E-state index in [1.54, 1.807) is 18.3 Å². The van der Waals surface area contributed by atoms with Gasteiger partial charge in [-0.1, -0.05) is 19.1 Å². The minimum Gasteiger partial charge on any atom is -0.488 e. The zero-order valence-electron chi connectivity index (χ0n) is 10.7. The van der Waals surface area contributed by atoms with Crippen molar-refractivity contribution in [3.8, 4) is 5.75 Å². The van der Waals surface area contributed by atoms with E-state index < -0.39 is 6.10 Å². The molecule has 1 N–H and O–H groups in total. The van der Waals surface area contributed by atoms with Gasteiger partial charge in [0.05, 0.1) is 6.10 Å². The van der Waals surface area contributed by atoms with Gasteiger partial charge in [0.2, 0.25) is 0 Å². The number of ether oxygens (including phenoxy) is 1. The van der Waals surface area contributed by atoms with E-state index in [1.807, 2.05) is 24.3 Å². The molecule has 0 aliphatic heterocycles. The van der Waals surface area contributed by atoms with Crippen LogP contribution in [0.25, 0.3) is 0 Å². The lowest BCUT2D eigenvalue weighted by Gasteiger charge is -2.08. The van der Waals surface area contributed by atoms with Gasteiger partial charge in [-0.15, -0.1) is 11.3 Å². The summed E-state index contributed by atoms with van der Waals surface area (Å²) in [6.45, 7) is 4.50. The molecule has 1 heterocycles. The third-order valence-corrected chi connectivity index (χ3v) is 3.99. The molecule has 0 aliphatic carbocycles. The van der Waals surface area contributed by atoms with Crippen molar-refractivity contribution in [1.82, 2.24) is 0 Å². The molecule has 1 atom stereocenters. The van der Waals surface area contributed by atoms with E-state index in [4.69, 9.17) is 4.74 Å². The minimum atomic E-state index is -0.456. The SMILES string of the molecule is CCc1ccc(COc2cccc(C(C)O)c2)s1. The van der Waals surface area contributed by atoms with Crippen LogP contribution in [0.1, 0.15) is 35.3 Å². The molecule has 0 fully saturated rings. The Morgan fingerprint density at radius 3 is 2.67 bits per heavy atom. The lowest BCUT2D eigenvalue weighted by molar-refractivity contribution is 0.198. The van der Waals surface area contributed by atoms with Crippen LogP contribution in [0.3, 0.4) is 0 Å². The van der Waals surface area contributed by atoms with Crippen LogP contribution in [-0.4, -0.2) is 5.11 Å². The van der Waals surface area contributed by atoms with Crippen molar-refractivity contribution in [2.45, 2.75) is 33.0 Å². The lowest BCUT2D eigenvalue weighted by atomic mass is 10.1. The average molecular weight is 262 g/mol. The van der Waals surface area contributed by atoms with E-state index in [2.05, 4.69) is 19.1 Å². The molecule has 96 valence electrons. The normalized spacial score (nSPS) is 12.4. The number of aliphatic hydroxyl groups excluding tert-OH is 1. The third kappa shape index (κ3) is 3.34. The number of aryl methyl sites for hydroxylation is 1. The molecule has 2 aromatic rings. The van der Waals surface area contributed by atoms with E-state index in [-0.39, 0.29) is 0 Å². The zero-order valence-corrected chi connectivity index (χ0v) is 11.5. The maximum absolute atomic E-state index is 9.52. The first kappa shape index (κ1) is 13.1. The Morgan fingerprint density at radius 2 is 2.00 bits per heavy atom. The van der Waals surface area contributed by atoms with E-state index >= 15 is 0 Å². The predicted molar refractivity (Wildman–Crippen MR) is 75.1 cm³/mol. The van der Waals surface area contributed by atoms with Gasteiger partial charge in [0.25, 0.3) is 0 Å². The van der Waals surface area contributed by atoms with Crippen LogP contribution in [0, 0.1) is 0 Å². The summed E-state index contributed by atoms with van der Waals surface area (Å²) in [4.78, 5) is 2.61. The predicted octanol–water partition coefficient (Wildman–Crippen LogP) is 3.94. The van der Waals surface area contributed by atoms with Gasteiger partial charge < -0.3 is 9.84 Å². The molecule has 18 heavy (non-hydrogen) atoms. The first-order valence-corrected chi connectivity index (χ1v) is 6.99. The van der Waals surface area contributed by atoms with Crippen molar-refractivity contribution >= 4 is 11.3 Å². The van der Waals surface area contributed by atoms with Crippen molar-refractivity contribution in [2.24, 2.45) is 0 Å². The maximum Gasteiger partial charge on any atom is 0.122 e. The van der Waals surface area contributed by atoms with E-state index in [0.29, 0.717) is 6.61 Å². The fourth-order valence-electron chi connectivity index (χ4n) is 1.71. The molecule has 1 aromatic carbocycles. The Labute approximate surface area is 112 Å². The molecule has 3 heteroatoms. The highest BCUT2D eigenvalue weighted by Gasteiger charge is 2.03. The quantitative estimate of drug-likeness (QED) is 0.884. The molecule has 0 amide bonds. The number of thiophene rings is 1. The molecule has 0 saturated heterocycles. The van der Waals surface area contributed by atoms with Crippen molar-refractivity contribution in [2.75, 3.05) is 0 Å². The smallest absolute Gasteiger partial charge is 0.122 e. The van der Waals surface area contributed by atoms with E-state index in [0.717, 1.165) is 17.7 Å². The summed E-state index contributed by atoms with van der Waals surface area (Å²) in [7, 11) is 0. The summed E-state index contributed by atoms with van der Waals surface area (Å²) in [5.74, 6) is 0.805. The second-order valence-corrected chi connectivity index (χ2v) is 5.51. The Balaban J connectivity index is 1.99. The molecule has 0 aliphatic rings. The van der Waals surface area contributed by atoms with Gasteiger partial charge in [-0.25, -0.2) is 0 Å². The zero-order chi connectivity index (χ0) is 13.0. The largest absolute Gasteiger partial charge is 0.488 e. The molecule has 1 aromatic heterocycles. The minimum absolute atomic E-state index is 0.456. The summed E-state index contributed by atoms with van der Waals surface area (Å²) < 4.78 is 5.74. The summed E-state index contributed by atoms with van der Waals surface area (Å²) in [5.41, 5.74) is 0.882. The van der Waals surface area contributed by atoms with Gasteiger partial charge in [-0.2, -0.15) is 0 Å². The number of hydrogen-bond donors (Lipinski definition) is 1. The maximum atomic E-state index is 9.52. The topological polar surface area (TPSA) is 29.5 Å².